The summed E-state index contributed by atoms with van der Waals surface area (Å²) in [5.41, 5.74) is 3.43. The van der Waals surface area contributed by atoms with E-state index in [-0.39, 0.29) is 6.61 Å². The lowest BCUT2D eigenvalue weighted by Crippen LogP contribution is -2.40. The smallest absolute Gasteiger partial charge is 0.139 e. The molecule has 32 heavy (non-hydrogen) atoms. The number of hydrogen-bond donors (Lipinski definition) is 2. The number of aromatic nitrogens is 3. The van der Waals surface area contributed by atoms with Gasteiger partial charge >= 0.3 is 0 Å². The third-order valence-corrected chi connectivity index (χ3v) is 6.99. The minimum atomic E-state index is 0.226. The predicted molar refractivity (Wildman–Crippen MR) is 131 cm³/mol. The molecule has 1 saturated heterocycles. The van der Waals surface area contributed by atoms with Crippen molar-refractivity contribution in [2.24, 2.45) is 0 Å². The number of aliphatic hydroxyl groups is 1. The van der Waals surface area contributed by atoms with Crippen LogP contribution in [0.4, 0.5) is 11.6 Å². The maximum atomic E-state index is 9.39. The molecular formula is C25H27N5OS. The molecule has 5 rings (SSSR count). The highest BCUT2D eigenvalue weighted by Crippen LogP contribution is 2.36. The topological polar surface area (TPSA) is 74.2 Å². The fraction of sp³-hybridized carbons (Fsp3) is 0.320. The zero-order chi connectivity index (χ0) is 21.8. The van der Waals surface area contributed by atoms with Gasteiger partial charge in [-0.05, 0) is 42.9 Å². The molecule has 1 fully saturated rings. The molecule has 0 spiro atoms. The van der Waals surface area contributed by atoms with Crippen molar-refractivity contribution in [3.05, 3.63) is 65.9 Å². The Labute approximate surface area is 192 Å². The van der Waals surface area contributed by atoms with Crippen molar-refractivity contribution in [2.75, 3.05) is 23.4 Å². The molecule has 0 aliphatic carbocycles. The van der Waals surface area contributed by atoms with E-state index in [4.69, 9.17) is 4.98 Å². The van der Waals surface area contributed by atoms with Gasteiger partial charge in [0.05, 0.1) is 5.39 Å². The Morgan fingerprint density at radius 2 is 1.97 bits per heavy atom. The molecular weight excluding hydrogens is 418 g/mol. The summed E-state index contributed by atoms with van der Waals surface area (Å²) in [6.07, 6.45) is 7.90. The van der Waals surface area contributed by atoms with Gasteiger partial charge in [-0.2, -0.15) is 0 Å². The highest BCUT2D eigenvalue weighted by molar-refractivity contribution is 7.17. The highest BCUT2D eigenvalue weighted by Gasteiger charge is 2.23. The zero-order valence-electron chi connectivity index (χ0n) is 17.9. The second-order valence-electron chi connectivity index (χ2n) is 8.15. The highest BCUT2D eigenvalue weighted by atomic mass is 32.1. The molecule has 6 nitrogen and oxygen atoms in total. The molecule has 0 amide bonds. The lowest BCUT2D eigenvalue weighted by atomic mass is 9.99. The molecule has 7 heteroatoms. The Balaban J connectivity index is 1.33. The van der Waals surface area contributed by atoms with Crippen LogP contribution >= 0.6 is 11.3 Å². The number of piperidine rings is 1. The van der Waals surface area contributed by atoms with E-state index in [0.717, 1.165) is 52.4 Å². The Morgan fingerprint density at radius 1 is 1.06 bits per heavy atom. The predicted octanol–water partition coefficient (Wildman–Crippen LogP) is 5.11. The van der Waals surface area contributed by atoms with Crippen LogP contribution in [0.1, 0.15) is 31.2 Å². The number of pyridine rings is 1. The summed E-state index contributed by atoms with van der Waals surface area (Å²) < 4.78 is 0. The van der Waals surface area contributed by atoms with Crippen molar-refractivity contribution in [3.8, 4) is 11.1 Å². The van der Waals surface area contributed by atoms with Crippen molar-refractivity contribution in [2.45, 2.75) is 38.3 Å². The molecule has 1 aliphatic heterocycles. The molecule has 0 bridgehead atoms. The van der Waals surface area contributed by atoms with E-state index < -0.39 is 0 Å². The lowest BCUT2D eigenvalue weighted by molar-refractivity contribution is 0.262. The minimum Gasteiger partial charge on any atom is -0.396 e. The minimum absolute atomic E-state index is 0.226. The number of nitrogens with one attached hydrogen (secondary N) is 1. The summed E-state index contributed by atoms with van der Waals surface area (Å²) in [6, 6.07) is 15.0. The number of hydrogen-bond acceptors (Lipinski definition) is 7. The fourth-order valence-electron chi connectivity index (χ4n) is 4.47. The molecule has 0 saturated carbocycles. The molecule has 2 N–H and O–H groups in total. The van der Waals surface area contributed by atoms with Crippen LogP contribution < -0.4 is 10.2 Å². The van der Waals surface area contributed by atoms with Gasteiger partial charge in [0.2, 0.25) is 0 Å². The molecule has 0 radical (unpaired) electrons. The standard InChI is InChI=1S/C25H27N5OS/c31-13-11-20-8-4-5-12-30(20)22-10-9-18(14-26-22)15-27-24-23-21(19-6-2-1-3-7-19)16-32-25(23)29-17-28-24/h1-3,6-7,9-10,14,16-17,20,31H,4-5,8,11-13,15H2,(H,27,28,29). The van der Waals surface area contributed by atoms with E-state index in [1.165, 1.54) is 18.4 Å². The Bertz CT molecular complexity index is 1160. The number of thiophene rings is 1. The van der Waals surface area contributed by atoms with Gasteiger partial charge in [0.1, 0.15) is 22.8 Å². The van der Waals surface area contributed by atoms with Crippen LogP contribution in [0.3, 0.4) is 0 Å². The monoisotopic (exact) mass is 445 g/mol. The van der Waals surface area contributed by atoms with Crippen LogP contribution in [-0.4, -0.2) is 39.3 Å². The summed E-state index contributed by atoms with van der Waals surface area (Å²) in [7, 11) is 0. The van der Waals surface area contributed by atoms with E-state index in [1.807, 2.05) is 12.3 Å². The lowest BCUT2D eigenvalue weighted by Gasteiger charge is -2.36. The second-order valence-corrected chi connectivity index (χ2v) is 9.01. The van der Waals surface area contributed by atoms with E-state index in [0.29, 0.717) is 12.6 Å². The van der Waals surface area contributed by atoms with E-state index >= 15 is 0 Å². The first-order chi connectivity index (χ1) is 15.8. The van der Waals surface area contributed by atoms with Gasteiger partial charge < -0.3 is 15.3 Å². The van der Waals surface area contributed by atoms with Crippen molar-refractivity contribution >= 4 is 33.2 Å². The third-order valence-electron chi connectivity index (χ3n) is 6.11. The molecule has 1 aromatic carbocycles. The molecule has 1 aliphatic rings. The summed E-state index contributed by atoms with van der Waals surface area (Å²) in [4.78, 5) is 17.1. The second kappa shape index (κ2) is 9.63. The first-order valence-electron chi connectivity index (χ1n) is 11.2. The summed E-state index contributed by atoms with van der Waals surface area (Å²) >= 11 is 1.64. The fourth-order valence-corrected chi connectivity index (χ4v) is 5.38. The summed E-state index contributed by atoms with van der Waals surface area (Å²) in [5, 5.41) is 16.1. The SMILES string of the molecule is OCCC1CCCCN1c1ccc(CNc2ncnc3scc(-c4ccccc4)c23)cn1. The van der Waals surface area contributed by atoms with E-state index in [9.17, 15) is 5.11 Å². The van der Waals surface area contributed by atoms with E-state index in [1.54, 1.807) is 17.7 Å². The number of benzene rings is 1. The van der Waals surface area contributed by atoms with Crippen LogP contribution in [0.15, 0.2) is 60.4 Å². The molecule has 1 unspecified atom stereocenters. The maximum Gasteiger partial charge on any atom is 0.139 e. The molecule has 3 aromatic heterocycles. The van der Waals surface area contributed by atoms with Crippen LogP contribution in [0.2, 0.25) is 0 Å². The van der Waals surface area contributed by atoms with Gasteiger partial charge in [0.15, 0.2) is 0 Å². The van der Waals surface area contributed by atoms with Gasteiger partial charge in [0.25, 0.3) is 0 Å². The number of nitrogens with zero attached hydrogens (tertiary/aromatic N) is 4. The van der Waals surface area contributed by atoms with Crippen LogP contribution in [0, 0.1) is 0 Å². The zero-order valence-corrected chi connectivity index (χ0v) is 18.8. The number of anilines is 2. The van der Waals surface area contributed by atoms with Gasteiger partial charge in [-0.1, -0.05) is 36.4 Å². The quantitative estimate of drug-likeness (QED) is 0.412. The maximum absolute atomic E-state index is 9.39. The average Bonchev–Trinajstić information content (AvgIpc) is 3.29. The number of fused-ring (bicyclic) bond motifs is 1. The summed E-state index contributed by atoms with van der Waals surface area (Å²) in [6.45, 7) is 1.88. The van der Waals surface area contributed by atoms with Gasteiger partial charge in [-0.15, -0.1) is 11.3 Å². The van der Waals surface area contributed by atoms with Gasteiger partial charge in [-0.3, -0.25) is 0 Å². The van der Waals surface area contributed by atoms with Crippen LogP contribution in [0.25, 0.3) is 21.3 Å². The van der Waals surface area contributed by atoms with Crippen molar-refractivity contribution < 1.29 is 5.11 Å². The van der Waals surface area contributed by atoms with Crippen LogP contribution in [-0.2, 0) is 6.54 Å². The number of rotatable bonds is 7. The average molecular weight is 446 g/mol. The Hall–Kier alpha value is -3.03. The molecule has 1 atom stereocenters. The first kappa shape index (κ1) is 20.8. The first-order valence-corrected chi connectivity index (χ1v) is 12.1. The summed E-state index contributed by atoms with van der Waals surface area (Å²) in [5.74, 6) is 1.85. The Kier molecular flexibility index (Phi) is 6.27. The normalized spacial score (nSPS) is 16.4. The number of aliphatic hydroxyl groups excluding tert-OH is 1. The third kappa shape index (κ3) is 4.31. The van der Waals surface area contributed by atoms with Crippen molar-refractivity contribution in [1.29, 1.82) is 0 Å². The van der Waals surface area contributed by atoms with E-state index in [2.05, 4.69) is 62.0 Å². The van der Waals surface area contributed by atoms with Gasteiger partial charge in [0, 0.05) is 42.9 Å². The molecule has 164 valence electrons. The van der Waals surface area contributed by atoms with Crippen molar-refractivity contribution in [1.82, 2.24) is 15.0 Å². The molecule has 4 heterocycles. The largest absolute Gasteiger partial charge is 0.396 e. The van der Waals surface area contributed by atoms with Crippen LogP contribution in [0.5, 0.6) is 0 Å². The van der Waals surface area contributed by atoms with Crippen molar-refractivity contribution in [3.63, 3.8) is 0 Å². The molecule has 4 aromatic rings. The Morgan fingerprint density at radius 3 is 2.78 bits per heavy atom. The van der Waals surface area contributed by atoms with Gasteiger partial charge in [-0.25, -0.2) is 15.0 Å².